The molecule has 0 saturated heterocycles. The zero-order chi connectivity index (χ0) is 31.7. The Morgan fingerprint density at radius 1 is 0.698 bits per heavy atom. The molecule has 2 unspecified atom stereocenters. The summed E-state index contributed by atoms with van der Waals surface area (Å²) in [5.74, 6) is -0.338. The number of unbranched alkanes of at least 4 members (excludes halogenated alkanes) is 16. The molecule has 0 spiro atoms. The minimum Gasteiger partial charge on any atom is -0.457 e. The molecule has 0 aliphatic heterocycles. The second-order valence-electron chi connectivity index (χ2n) is 11.4. The molecule has 3 N–H and O–H groups in total. The maximum atomic E-state index is 12.4. The third-order valence-electron chi connectivity index (χ3n) is 7.10. The van der Waals surface area contributed by atoms with Crippen LogP contribution in [0.2, 0.25) is 0 Å². The number of esters is 1. The van der Waals surface area contributed by atoms with Gasteiger partial charge in [0.25, 0.3) is 0 Å². The number of nitrogens with two attached hydrogens (primary N) is 1. The molecule has 0 rings (SSSR count). The molecule has 2 atom stereocenters. The van der Waals surface area contributed by atoms with Crippen LogP contribution in [-0.2, 0) is 27.9 Å². The molecule has 0 aromatic rings. The monoisotopic (exact) mass is 631 g/mol. The lowest BCUT2D eigenvalue weighted by Crippen LogP contribution is -2.28. The van der Waals surface area contributed by atoms with Gasteiger partial charge in [0.15, 0.2) is 0 Å². The third-order valence-corrected chi connectivity index (χ3v) is 8.09. The molecule has 9 heteroatoms. The van der Waals surface area contributed by atoms with E-state index in [0.29, 0.717) is 13.0 Å². The van der Waals surface area contributed by atoms with E-state index in [-0.39, 0.29) is 32.3 Å². The van der Waals surface area contributed by atoms with Crippen molar-refractivity contribution in [2.75, 3.05) is 33.0 Å². The number of carbonyl (C=O) groups is 1. The molecule has 0 aliphatic carbocycles. The van der Waals surface area contributed by atoms with E-state index in [1.807, 2.05) is 0 Å². The summed E-state index contributed by atoms with van der Waals surface area (Å²) < 4.78 is 33.2. The second-order valence-corrected chi connectivity index (χ2v) is 12.8. The number of phosphoric ester groups is 1. The van der Waals surface area contributed by atoms with Crippen LogP contribution in [0.5, 0.6) is 0 Å². The lowest BCUT2D eigenvalue weighted by atomic mass is 10.1. The fourth-order valence-corrected chi connectivity index (χ4v) is 5.33. The fourth-order valence-electron chi connectivity index (χ4n) is 4.56. The van der Waals surface area contributed by atoms with Crippen molar-refractivity contribution in [3.63, 3.8) is 0 Å². The van der Waals surface area contributed by atoms with Crippen LogP contribution >= 0.6 is 7.82 Å². The minimum atomic E-state index is -4.26. The highest BCUT2D eigenvalue weighted by Crippen LogP contribution is 2.43. The van der Waals surface area contributed by atoms with Gasteiger partial charge in [0, 0.05) is 19.6 Å². The summed E-state index contributed by atoms with van der Waals surface area (Å²) in [6.45, 7) is 4.81. The molecule has 43 heavy (non-hydrogen) atoms. The predicted octanol–water partition coefficient (Wildman–Crippen LogP) is 9.35. The van der Waals surface area contributed by atoms with Gasteiger partial charge in [0.1, 0.15) is 6.10 Å². The molecule has 0 fully saturated rings. The van der Waals surface area contributed by atoms with E-state index in [4.69, 9.17) is 24.3 Å². The van der Waals surface area contributed by atoms with Gasteiger partial charge in [-0.3, -0.25) is 13.8 Å². The lowest BCUT2D eigenvalue weighted by Gasteiger charge is -2.20. The molecule has 0 aliphatic rings. The van der Waals surface area contributed by atoms with Crippen LogP contribution in [0, 0.1) is 0 Å². The van der Waals surface area contributed by atoms with E-state index in [1.54, 1.807) is 0 Å². The zero-order valence-electron chi connectivity index (χ0n) is 27.7. The van der Waals surface area contributed by atoms with Gasteiger partial charge in [-0.15, -0.1) is 0 Å². The summed E-state index contributed by atoms with van der Waals surface area (Å²) in [5, 5.41) is 0. The average molecular weight is 632 g/mol. The molecule has 0 radical (unpaired) electrons. The summed E-state index contributed by atoms with van der Waals surface area (Å²) in [6.07, 6.45) is 31.9. The summed E-state index contributed by atoms with van der Waals surface area (Å²) >= 11 is 0. The molecular weight excluding hydrogens is 565 g/mol. The van der Waals surface area contributed by atoms with Gasteiger partial charge in [-0.05, 0) is 38.5 Å². The van der Waals surface area contributed by atoms with Crippen molar-refractivity contribution in [3.8, 4) is 0 Å². The number of phosphoric acid groups is 1. The normalized spacial score (nSPS) is 14.0. The Kier molecular flexibility index (Phi) is 31.6. The summed E-state index contributed by atoms with van der Waals surface area (Å²) in [6, 6.07) is 0. The number of hydrogen-bond donors (Lipinski definition) is 2. The predicted molar refractivity (Wildman–Crippen MR) is 178 cm³/mol. The summed E-state index contributed by atoms with van der Waals surface area (Å²) in [7, 11) is -4.26. The Morgan fingerprint density at radius 2 is 1.28 bits per heavy atom. The second kappa shape index (κ2) is 32.4. The van der Waals surface area contributed by atoms with E-state index in [1.165, 1.54) is 83.5 Å². The largest absolute Gasteiger partial charge is 0.472 e. The van der Waals surface area contributed by atoms with Crippen LogP contribution in [0.3, 0.4) is 0 Å². The standard InChI is InChI=1S/C34H66NO7P/c1-3-5-7-9-11-13-15-16-17-18-20-22-24-26-29-39-31-33(32-41-43(37,38)40-30-28-35)42-34(36)27-25-23-21-19-14-12-10-8-6-4-2/h7,9,13,15,33H,3-6,8,10-12,14,16-32,35H2,1-2H3,(H,37,38)/b9-7-,15-13-. The van der Waals surface area contributed by atoms with Gasteiger partial charge in [0.2, 0.25) is 0 Å². The number of ether oxygens (including phenoxy) is 2. The molecule has 0 aromatic heterocycles. The number of carbonyl (C=O) groups excluding carboxylic acids is 1. The SMILES string of the molecule is CCC/C=C\C/C=C\CCCCCCCCOCC(COP(=O)(O)OCCN)OC(=O)CCCCCCCCCCCC. The Bertz CT molecular complexity index is 717. The average Bonchev–Trinajstić information content (AvgIpc) is 2.99. The molecule has 0 saturated carbocycles. The first-order valence-electron chi connectivity index (χ1n) is 17.3. The van der Waals surface area contributed by atoms with Crippen molar-refractivity contribution < 1.29 is 32.8 Å². The fraction of sp³-hybridized carbons (Fsp3) is 0.853. The smallest absolute Gasteiger partial charge is 0.457 e. The van der Waals surface area contributed by atoms with Crippen LogP contribution in [0.1, 0.15) is 149 Å². The summed E-state index contributed by atoms with van der Waals surface area (Å²) in [4.78, 5) is 22.3. The number of rotatable bonds is 33. The van der Waals surface area contributed by atoms with Crippen molar-refractivity contribution in [1.29, 1.82) is 0 Å². The van der Waals surface area contributed by atoms with E-state index < -0.39 is 13.9 Å². The third kappa shape index (κ3) is 32.2. The highest BCUT2D eigenvalue weighted by molar-refractivity contribution is 7.47. The van der Waals surface area contributed by atoms with E-state index in [2.05, 4.69) is 38.2 Å². The Labute approximate surface area is 264 Å². The molecular formula is C34H66NO7P. The van der Waals surface area contributed by atoms with Gasteiger partial charge in [0.05, 0.1) is 19.8 Å². The highest BCUT2D eigenvalue weighted by atomic mass is 31.2. The molecule has 0 amide bonds. The maximum absolute atomic E-state index is 12.4. The van der Waals surface area contributed by atoms with Crippen LogP contribution in [0.15, 0.2) is 24.3 Å². The van der Waals surface area contributed by atoms with Gasteiger partial charge in [-0.2, -0.15) is 0 Å². The molecule has 8 nitrogen and oxygen atoms in total. The van der Waals surface area contributed by atoms with Crippen molar-refractivity contribution in [3.05, 3.63) is 24.3 Å². The Morgan fingerprint density at radius 3 is 1.91 bits per heavy atom. The van der Waals surface area contributed by atoms with Crippen LogP contribution in [0.4, 0.5) is 0 Å². The number of allylic oxidation sites excluding steroid dienone is 4. The molecule has 0 bridgehead atoms. The molecule has 0 heterocycles. The van der Waals surface area contributed by atoms with Crippen molar-refractivity contribution in [1.82, 2.24) is 0 Å². The highest BCUT2D eigenvalue weighted by Gasteiger charge is 2.25. The van der Waals surface area contributed by atoms with Crippen LogP contribution in [-0.4, -0.2) is 49.9 Å². The quantitative estimate of drug-likeness (QED) is 0.0318. The van der Waals surface area contributed by atoms with Gasteiger partial charge < -0.3 is 20.1 Å². The first kappa shape index (κ1) is 42.0. The van der Waals surface area contributed by atoms with Crippen molar-refractivity contribution in [2.45, 2.75) is 155 Å². The maximum Gasteiger partial charge on any atom is 0.472 e. The summed E-state index contributed by atoms with van der Waals surface area (Å²) in [5.41, 5.74) is 5.33. The van der Waals surface area contributed by atoms with E-state index in [9.17, 15) is 14.3 Å². The zero-order valence-corrected chi connectivity index (χ0v) is 28.6. The van der Waals surface area contributed by atoms with Crippen molar-refractivity contribution >= 4 is 13.8 Å². The first-order valence-corrected chi connectivity index (χ1v) is 18.8. The van der Waals surface area contributed by atoms with E-state index >= 15 is 0 Å². The Hall–Kier alpha value is -1.02. The van der Waals surface area contributed by atoms with Gasteiger partial charge in [-0.25, -0.2) is 4.57 Å². The van der Waals surface area contributed by atoms with Crippen LogP contribution in [0.25, 0.3) is 0 Å². The first-order chi connectivity index (χ1) is 20.9. The minimum absolute atomic E-state index is 0.0963. The van der Waals surface area contributed by atoms with E-state index in [0.717, 1.165) is 44.9 Å². The van der Waals surface area contributed by atoms with Gasteiger partial charge in [-0.1, -0.05) is 128 Å². The Balaban J connectivity index is 4.13. The van der Waals surface area contributed by atoms with Gasteiger partial charge >= 0.3 is 13.8 Å². The molecule has 0 aromatic carbocycles. The van der Waals surface area contributed by atoms with Crippen LogP contribution < -0.4 is 5.73 Å². The lowest BCUT2D eigenvalue weighted by molar-refractivity contribution is -0.154. The number of hydrogen-bond acceptors (Lipinski definition) is 7. The molecule has 254 valence electrons. The van der Waals surface area contributed by atoms with Crippen molar-refractivity contribution in [2.24, 2.45) is 5.73 Å². The topological polar surface area (TPSA) is 117 Å².